The van der Waals surface area contributed by atoms with E-state index in [2.05, 4.69) is 4.72 Å². The van der Waals surface area contributed by atoms with Gasteiger partial charge in [0.05, 0.1) is 12.3 Å². The number of carbonyl (C=O) groups excluding carboxylic acids is 1. The minimum absolute atomic E-state index is 0.0325. The second-order valence-corrected chi connectivity index (χ2v) is 10.8. The number of halogens is 3. The van der Waals surface area contributed by atoms with Crippen LogP contribution >= 0.6 is 0 Å². The molecule has 2 N–H and O–H groups in total. The summed E-state index contributed by atoms with van der Waals surface area (Å²) in [5.74, 6) is -1.45. The summed E-state index contributed by atoms with van der Waals surface area (Å²) in [4.78, 5) is 13.7. The molecular weight excluding hydrogens is 457 g/mol. The third kappa shape index (κ3) is 5.07. The first-order chi connectivity index (χ1) is 15.4. The molecule has 1 saturated carbocycles. The third-order valence-electron chi connectivity index (χ3n) is 6.47. The van der Waals surface area contributed by atoms with Crippen molar-refractivity contribution < 1.29 is 31.5 Å². The van der Waals surface area contributed by atoms with Crippen LogP contribution in [0.15, 0.2) is 54.6 Å². The molecule has 0 bridgehead atoms. The van der Waals surface area contributed by atoms with Gasteiger partial charge < -0.3 is 10.0 Å². The molecule has 1 aliphatic carbocycles. The first kappa shape index (κ1) is 23.7. The number of likely N-dealkylation sites (tertiary alicyclic amines) is 1. The second kappa shape index (κ2) is 8.41. The quantitative estimate of drug-likeness (QED) is 0.663. The molecule has 1 heterocycles. The zero-order valence-corrected chi connectivity index (χ0v) is 18.7. The highest BCUT2D eigenvalue weighted by Crippen LogP contribution is 2.55. The summed E-state index contributed by atoms with van der Waals surface area (Å²) in [6.45, 7) is -0.0325. The predicted octanol–water partition coefficient (Wildman–Crippen LogP) is 2.73. The van der Waals surface area contributed by atoms with Crippen molar-refractivity contribution in [2.45, 2.75) is 43.6 Å². The van der Waals surface area contributed by atoms with Crippen molar-refractivity contribution in [3.63, 3.8) is 0 Å². The Morgan fingerprint density at radius 3 is 2.36 bits per heavy atom. The van der Waals surface area contributed by atoms with Crippen molar-refractivity contribution in [3.8, 4) is 11.1 Å². The molecule has 1 aliphatic heterocycles. The van der Waals surface area contributed by atoms with Gasteiger partial charge in [-0.05, 0) is 36.0 Å². The lowest BCUT2D eigenvalue weighted by Crippen LogP contribution is -2.53. The highest BCUT2D eigenvalue weighted by atomic mass is 32.2. The van der Waals surface area contributed by atoms with Crippen molar-refractivity contribution in [1.29, 1.82) is 0 Å². The number of hydrogen-bond donors (Lipinski definition) is 2. The summed E-state index contributed by atoms with van der Waals surface area (Å²) in [7, 11) is -3.69. The number of carbonyl (C=O) groups is 1. The molecule has 1 amide bonds. The van der Waals surface area contributed by atoms with Crippen molar-refractivity contribution >= 4 is 15.9 Å². The van der Waals surface area contributed by atoms with Crippen LogP contribution in [0, 0.1) is 5.41 Å². The van der Waals surface area contributed by atoms with Crippen LogP contribution < -0.4 is 4.72 Å². The van der Waals surface area contributed by atoms with Crippen LogP contribution in [-0.4, -0.2) is 61.5 Å². The molecule has 33 heavy (non-hydrogen) atoms. The van der Waals surface area contributed by atoms with Gasteiger partial charge in [0.25, 0.3) is 5.91 Å². The normalized spacial score (nSPS) is 23.0. The van der Waals surface area contributed by atoms with Crippen LogP contribution in [0.2, 0.25) is 0 Å². The molecule has 2 aromatic rings. The van der Waals surface area contributed by atoms with Crippen LogP contribution in [0.25, 0.3) is 11.1 Å². The lowest BCUT2D eigenvalue weighted by atomic mass is 9.91. The molecule has 0 radical (unpaired) electrons. The summed E-state index contributed by atoms with van der Waals surface area (Å²) >= 11 is 0. The summed E-state index contributed by atoms with van der Waals surface area (Å²) < 4.78 is 66.0. The SMILES string of the molecule is CS(=O)(=O)N[C@@H]1[C@H](Cc2cccc(-c3ccccc3)c2)N(C(=O)[C@H](O)C(F)(F)F)CC12CC2. The van der Waals surface area contributed by atoms with E-state index in [1.165, 1.54) is 0 Å². The molecule has 0 aromatic heterocycles. The highest BCUT2D eigenvalue weighted by Gasteiger charge is 2.62. The molecule has 6 nitrogen and oxygen atoms in total. The van der Waals surface area contributed by atoms with E-state index in [1.54, 1.807) is 6.07 Å². The fraction of sp³-hybridized carbons (Fsp3) is 0.435. The summed E-state index contributed by atoms with van der Waals surface area (Å²) in [6.07, 6.45) is -5.94. The summed E-state index contributed by atoms with van der Waals surface area (Å²) in [5.41, 5.74) is 1.98. The van der Waals surface area contributed by atoms with Crippen molar-refractivity contribution in [1.82, 2.24) is 9.62 Å². The summed E-state index contributed by atoms with van der Waals surface area (Å²) in [6, 6.07) is 15.3. The standard InChI is InChI=1S/C23H25F3N2O4S/c1-33(31,32)27-19-18(13-15-6-5-9-17(12-15)16-7-3-2-4-8-16)28(14-22(19)10-11-22)21(30)20(29)23(24,25)26/h2-9,12,18-20,27,29H,10-11,13-14H2,1H3/t18-,19+,20-/m0/s1. The number of amides is 1. The zero-order valence-electron chi connectivity index (χ0n) is 17.9. The Balaban J connectivity index is 1.69. The van der Waals surface area contributed by atoms with E-state index in [0.717, 1.165) is 27.8 Å². The number of nitrogens with zero attached hydrogens (tertiary/aromatic N) is 1. The third-order valence-corrected chi connectivity index (χ3v) is 7.15. The van der Waals surface area contributed by atoms with Crippen LogP contribution in [0.1, 0.15) is 18.4 Å². The maximum absolute atomic E-state index is 13.1. The Hall–Kier alpha value is -2.43. The van der Waals surface area contributed by atoms with Crippen molar-refractivity contribution in [2.24, 2.45) is 5.41 Å². The molecule has 2 fully saturated rings. The predicted molar refractivity (Wildman–Crippen MR) is 117 cm³/mol. The van der Waals surface area contributed by atoms with Gasteiger partial charge in [-0.25, -0.2) is 13.1 Å². The lowest BCUT2D eigenvalue weighted by molar-refractivity contribution is -0.211. The molecule has 2 aromatic carbocycles. The van der Waals surface area contributed by atoms with Gasteiger partial charge in [-0.2, -0.15) is 13.2 Å². The van der Waals surface area contributed by atoms with Gasteiger partial charge >= 0.3 is 6.18 Å². The topological polar surface area (TPSA) is 86.7 Å². The van der Waals surface area contributed by atoms with Crippen molar-refractivity contribution in [3.05, 3.63) is 60.2 Å². The van der Waals surface area contributed by atoms with Gasteiger partial charge in [0.2, 0.25) is 16.1 Å². The van der Waals surface area contributed by atoms with Crippen molar-refractivity contribution in [2.75, 3.05) is 12.8 Å². The molecule has 178 valence electrons. The lowest BCUT2D eigenvalue weighted by Gasteiger charge is -2.31. The van der Waals surface area contributed by atoms with Gasteiger partial charge in [0.15, 0.2) is 0 Å². The average molecular weight is 483 g/mol. The van der Waals surface area contributed by atoms with E-state index in [-0.39, 0.29) is 13.0 Å². The maximum atomic E-state index is 13.1. The number of nitrogens with one attached hydrogen (secondary N) is 1. The fourth-order valence-electron chi connectivity index (χ4n) is 4.72. The summed E-state index contributed by atoms with van der Waals surface area (Å²) in [5, 5.41) is 9.65. The Labute approximate surface area is 190 Å². The molecule has 0 unspecified atom stereocenters. The first-order valence-corrected chi connectivity index (χ1v) is 12.5. The van der Waals surface area contributed by atoms with Gasteiger partial charge in [0.1, 0.15) is 0 Å². The van der Waals surface area contributed by atoms with Gasteiger partial charge in [-0.1, -0.05) is 54.6 Å². The molecule has 10 heteroatoms. The number of aliphatic hydroxyl groups excluding tert-OH is 1. The molecular formula is C23H25F3N2O4S. The zero-order chi connectivity index (χ0) is 24.0. The molecule has 4 rings (SSSR count). The number of sulfonamides is 1. The molecule has 1 spiro atoms. The van der Waals surface area contributed by atoms with E-state index in [0.29, 0.717) is 12.8 Å². The first-order valence-electron chi connectivity index (χ1n) is 10.6. The van der Waals surface area contributed by atoms with Crippen LogP contribution in [0.3, 0.4) is 0 Å². The smallest absolute Gasteiger partial charge is 0.376 e. The van der Waals surface area contributed by atoms with Gasteiger partial charge in [-0.15, -0.1) is 0 Å². The monoisotopic (exact) mass is 482 g/mol. The van der Waals surface area contributed by atoms with Crippen LogP contribution in [0.5, 0.6) is 0 Å². The second-order valence-electron chi connectivity index (χ2n) is 8.98. The Bertz CT molecular complexity index is 1130. The minimum Gasteiger partial charge on any atom is -0.376 e. The number of hydrogen-bond acceptors (Lipinski definition) is 4. The number of alkyl halides is 3. The van der Waals surface area contributed by atoms with E-state index in [4.69, 9.17) is 0 Å². The average Bonchev–Trinajstić information content (AvgIpc) is 3.48. The van der Waals surface area contributed by atoms with Gasteiger partial charge in [0, 0.05) is 18.0 Å². The van der Waals surface area contributed by atoms with E-state index in [9.17, 15) is 31.5 Å². The Morgan fingerprint density at radius 2 is 1.79 bits per heavy atom. The van der Waals surface area contributed by atoms with E-state index < -0.39 is 45.7 Å². The Morgan fingerprint density at radius 1 is 1.15 bits per heavy atom. The van der Waals surface area contributed by atoms with Crippen LogP contribution in [-0.2, 0) is 21.2 Å². The Kier molecular flexibility index (Phi) is 6.05. The minimum atomic E-state index is -5.10. The molecule has 2 aliphatic rings. The number of benzene rings is 2. The van der Waals surface area contributed by atoms with Gasteiger partial charge in [-0.3, -0.25) is 4.79 Å². The fourth-order valence-corrected chi connectivity index (χ4v) is 5.59. The maximum Gasteiger partial charge on any atom is 0.423 e. The highest BCUT2D eigenvalue weighted by molar-refractivity contribution is 7.88. The number of aliphatic hydroxyl groups is 1. The van der Waals surface area contributed by atoms with E-state index >= 15 is 0 Å². The van der Waals surface area contributed by atoms with Crippen LogP contribution in [0.4, 0.5) is 13.2 Å². The number of rotatable bonds is 6. The van der Waals surface area contributed by atoms with E-state index in [1.807, 2.05) is 48.5 Å². The largest absolute Gasteiger partial charge is 0.423 e. The molecule has 1 saturated heterocycles. The molecule has 3 atom stereocenters.